The van der Waals surface area contributed by atoms with Gasteiger partial charge in [0.2, 0.25) is 0 Å². The average molecular weight is 432 g/mol. The fraction of sp³-hybridized carbons (Fsp3) is 0. The van der Waals surface area contributed by atoms with E-state index in [9.17, 15) is 0 Å². The third-order valence-corrected chi connectivity index (χ3v) is 5.71. The average Bonchev–Trinajstić information content (AvgIpc) is 2.86. The maximum atomic E-state index is 6.62. The van der Waals surface area contributed by atoms with Gasteiger partial charge in [-0.05, 0) is 64.7 Å². The lowest BCUT2D eigenvalue weighted by atomic mass is 10.00. The molecule has 0 saturated carbocycles. The van der Waals surface area contributed by atoms with E-state index >= 15 is 0 Å². The van der Waals surface area contributed by atoms with Crippen molar-refractivity contribution in [1.82, 2.24) is 0 Å². The molecule has 0 fully saturated rings. The zero-order valence-corrected chi connectivity index (χ0v) is 18.3. The van der Waals surface area contributed by atoms with Gasteiger partial charge in [-0.25, -0.2) is 0 Å². The molecule has 32 heavy (non-hydrogen) atoms. The lowest BCUT2D eigenvalue weighted by Gasteiger charge is -2.26. The molecule has 0 bridgehead atoms. The summed E-state index contributed by atoms with van der Waals surface area (Å²) in [4.78, 5) is 2.23. The third kappa shape index (κ3) is 4.30. The monoisotopic (exact) mass is 431 g/mol. The Morgan fingerprint density at radius 2 is 0.812 bits per heavy atom. The van der Waals surface area contributed by atoms with Crippen LogP contribution in [0.1, 0.15) is 0 Å². The number of halogens is 1. The second-order valence-electron chi connectivity index (χ2n) is 7.65. The van der Waals surface area contributed by atoms with Crippen LogP contribution in [0.5, 0.6) is 0 Å². The zero-order valence-electron chi connectivity index (χ0n) is 17.5. The molecule has 154 valence electrons. The van der Waals surface area contributed by atoms with Crippen LogP contribution in [0.3, 0.4) is 0 Å². The van der Waals surface area contributed by atoms with Gasteiger partial charge in [0.25, 0.3) is 0 Å². The molecular formula is C30H22ClN. The minimum Gasteiger partial charge on any atom is -0.310 e. The number of nitrogens with zero attached hydrogens (tertiary/aromatic N) is 1. The lowest BCUT2D eigenvalue weighted by molar-refractivity contribution is 1.28. The summed E-state index contributed by atoms with van der Waals surface area (Å²) in [5, 5.41) is 0.710. The van der Waals surface area contributed by atoms with Gasteiger partial charge in [-0.3, -0.25) is 0 Å². The van der Waals surface area contributed by atoms with Crippen LogP contribution in [-0.4, -0.2) is 0 Å². The van der Waals surface area contributed by atoms with Crippen LogP contribution in [0.15, 0.2) is 133 Å². The summed E-state index contributed by atoms with van der Waals surface area (Å²) in [5.41, 5.74) is 7.84. The SMILES string of the molecule is Clc1cc(-c2ccc(-c3ccccc3)cc2)cc(N(c2ccccc2)c2ccccc2)c1. The van der Waals surface area contributed by atoms with Gasteiger partial charge in [0.05, 0.1) is 0 Å². The number of benzene rings is 5. The molecule has 0 unspecified atom stereocenters. The molecule has 2 heteroatoms. The van der Waals surface area contributed by atoms with Gasteiger partial charge < -0.3 is 4.90 Å². The number of anilines is 3. The molecule has 0 aromatic heterocycles. The summed E-state index contributed by atoms with van der Waals surface area (Å²) < 4.78 is 0. The Morgan fingerprint density at radius 3 is 1.34 bits per heavy atom. The molecule has 0 spiro atoms. The first kappa shape index (κ1) is 20.1. The summed E-state index contributed by atoms with van der Waals surface area (Å²) in [5.74, 6) is 0. The molecule has 0 radical (unpaired) electrons. The Kier molecular flexibility index (Phi) is 5.74. The zero-order chi connectivity index (χ0) is 21.8. The van der Waals surface area contributed by atoms with Crippen LogP contribution in [0, 0.1) is 0 Å². The Bertz CT molecular complexity index is 1260. The molecule has 0 saturated heterocycles. The standard InChI is InChI=1S/C30H22ClN/c31-27-20-26(25-18-16-24(17-19-25)23-10-4-1-5-11-23)21-30(22-27)32(28-12-6-2-7-13-28)29-14-8-3-9-15-29/h1-22H. The van der Waals surface area contributed by atoms with E-state index in [4.69, 9.17) is 11.6 Å². The molecular weight excluding hydrogens is 410 g/mol. The maximum absolute atomic E-state index is 6.62. The van der Waals surface area contributed by atoms with Gasteiger partial charge in [0, 0.05) is 22.1 Å². The second-order valence-corrected chi connectivity index (χ2v) is 8.08. The molecule has 5 aromatic carbocycles. The molecule has 0 aliphatic carbocycles. The van der Waals surface area contributed by atoms with Crippen molar-refractivity contribution in [3.05, 3.63) is 138 Å². The van der Waals surface area contributed by atoms with Crippen LogP contribution in [0.4, 0.5) is 17.1 Å². The smallest absolute Gasteiger partial charge is 0.0482 e. The van der Waals surface area contributed by atoms with Crippen LogP contribution < -0.4 is 4.90 Å². The van der Waals surface area contributed by atoms with Crippen LogP contribution in [0.25, 0.3) is 22.3 Å². The first-order valence-electron chi connectivity index (χ1n) is 10.6. The molecule has 1 nitrogen and oxygen atoms in total. The molecule has 5 rings (SSSR count). The maximum Gasteiger partial charge on any atom is 0.0482 e. The van der Waals surface area contributed by atoms with Gasteiger partial charge in [0.15, 0.2) is 0 Å². The molecule has 0 aliphatic rings. The first-order chi connectivity index (χ1) is 15.8. The quantitative estimate of drug-likeness (QED) is 0.268. The Hall–Kier alpha value is -3.81. The summed E-state index contributed by atoms with van der Waals surface area (Å²) in [6.45, 7) is 0. The van der Waals surface area contributed by atoms with Gasteiger partial charge in [-0.2, -0.15) is 0 Å². The second kappa shape index (κ2) is 9.13. The summed E-state index contributed by atoms with van der Waals surface area (Å²) >= 11 is 6.62. The van der Waals surface area contributed by atoms with E-state index in [0.29, 0.717) is 5.02 Å². The number of para-hydroxylation sites is 2. The van der Waals surface area contributed by atoms with E-state index in [1.807, 2.05) is 30.3 Å². The first-order valence-corrected chi connectivity index (χ1v) is 11.0. The predicted octanol–water partition coefficient (Wildman–Crippen LogP) is 9.14. The highest BCUT2D eigenvalue weighted by molar-refractivity contribution is 6.31. The van der Waals surface area contributed by atoms with Crippen LogP contribution in [-0.2, 0) is 0 Å². The van der Waals surface area contributed by atoms with Crippen molar-refractivity contribution in [2.75, 3.05) is 4.90 Å². The molecule has 0 aliphatic heterocycles. The van der Waals surface area contributed by atoms with Crippen LogP contribution >= 0.6 is 11.6 Å². The third-order valence-electron chi connectivity index (χ3n) is 5.49. The van der Waals surface area contributed by atoms with E-state index in [-0.39, 0.29) is 0 Å². The van der Waals surface area contributed by atoms with Crippen molar-refractivity contribution < 1.29 is 0 Å². The highest BCUT2D eigenvalue weighted by atomic mass is 35.5. The highest BCUT2D eigenvalue weighted by Crippen LogP contribution is 2.38. The normalized spacial score (nSPS) is 10.7. The van der Waals surface area contributed by atoms with Gasteiger partial charge in [-0.1, -0.05) is 103 Å². The van der Waals surface area contributed by atoms with Gasteiger partial charge in [-0.15, -0.1) is 0 Å². The summed E-state index contributed by atoms with van der Waals surface area (Å²) in [7, 11) is 0. The van der Waals surface area contributed by atoms with E-state index in [0.717, 1.165) is 28.2 Å². The van der Waals surface area contributed by atoms with Crippen molar-refractivity contribution >= 4 is 28.7 Å². The van der Waals surface area contributed by atoms with E-state index in [1.165, 1.54) is 11.1 Å². The largest absolute Gasteiger partial charge is 0.310 e. The predicted molar refractivity (Wildman–Crippen MR) is 137 cm³/mol. The summed E-state index contributed by atoms with van der Waals surface area (Å²) in [6.07, 6.45) is 0. The van der Waals surface area contributed by atoms with Crippen molar-refractivity contribution in [2.45, 2.75) is 0 Å². The molecule has 0 amide bonds. The highest BCUT2D eigenvalue weighted by Gasteiger charge is 2.14. The number of hydrogen-bond acceptors (Lipinski definition) is 1. The summed E-state index contributed by atoms with van der Waals surface area (Å²) in [6, 6.07) is 46.0. The molecule has 0 heterocycles. The lowest BCUT2D eigenvalue weighted by Crippen LogP contribution is -2.09. The number of rotatable bonds is 5. The van der Waals surface area contributed by atoms with Crippen molar-refractivity contribution in [1.29, 1.82) is 0 Å². The Balaban J connectivity index is 1.57. The molecule has 0 atom stereocenters. The molecule has 5 aromatic rings. The topological polar surface area (TPSA) is 3.24 Å². The van der Waals surface area contributed by atoms with E-state index in [2.05, 4.69) is 108 Å². The van der Waals surface area contributed by atoms with Crippen molar-refractivity contribution in [2.24, 2.45) is 0 Å². The minimum absolute atomic E-state index is 0.710. The van der Waals surface area contributed by atoms with Gasteiger partial charge >= 0.3 is 0 Å². The van der Waals surface area contributed by atoms with Gasteiger partial charge in [0.1, 0.15) is 0 Å². The Morgan fingerprint density at radius 1 is 0.375 bits per heavy atom. The number of hydrogen-bond donors (Lipinski definition) is 0. The van der Waals surface area contributed by atoms with E-state index < -0.39 is 0 Å². The van der Waals surface area contributed by atoms with E-state index in [1.54, 1.807) is 0 Å². The fourth-order valence-corrected chi connectivity index (χ4v) is 4.19. The van der Waals surface area contributed by atoms with Crippen LogP contribution in [0.2, 0.25) is 5.02 Å². The minimum atomic E-state index is 0.710. The van der Waals surface area contributed by atoms with Crippen molar-refractivity contribution in [3.8, 4) is 22.3 Å². The Labute approximate surface area is 194 Å². The fourth-order valence-electron chi connectivity index (χ4n) is 3.96. The molecule has 0 N–H and O–H groups in total. The van der Waals surface area contributed by atoms with Crippen molar-refractivity contribution in [3.63, 3.8) is 0 Å².